The van der Waals surface area contributed by atoms with Crippen molar-refractivity contribution in [2.75, 3.05) is 40.3 Å². The Hall–Kier alpha value is -6.08. The van der Waals surface area contributed by atoms with E-state index in [1.807, 2.05) is 4.98 Å². The largest absolute Gasteiger partial charge is 0.480 e. The van der Waals surface area contributed by atoms with Crippen LogP contribution in [0.25, 0.3) is 0 Å². The van der Waals surface area contributed by atoms with E-state index in [2.05, 4.69) is 36.9 Å². The number of amides is 4. The van der Waals surface area contributed by atoms with Crippen LogP contribution < -0.4 is 48.9 Å². The number of aliphatic carboxylic acids is 2. The third kappa shape index (κ3) is 14.8. The van der Waals surface area contributed by atoms with Crippen LogP contribution in [0.2, 0.25) is 0 Å². The normalized spacial score (nSPS) is 26.3. The van der Waals surface area contributed by atoms with Crippen LogP contribution in [0.4, 0.5) is 4.79 Å². The molecule has 3 aliphatic heterocycles. The lowest BCUT2D eigenvalue weighted by Gasteiger charge is -2.39. The van der Waals surface area contributed by atoms with Gasteiger partial charge in [0.1, 0.15) is 66.9 Å². The molecule has 0 spiro atoms. The van der Waals surface area contributed by atoms with Crippen molar-refractivity contribution >= 4 is 35.7 Å². The third-order valence-electron chi connectivity index (χ3n) is 12.9. The number of benzene rings is 1. The first-order valence-electron chi connectivity index (χ1n) is 24.2. The van der Waals surface area contributed by atoms with Gasteiger partial charge in [0.15, 0.2) is 18.5 Å². The van der Waals surface area contributed by atoms with Gasteiger partial charge in [0, 0.05) is 52.1 Å². The number of methoxy groups -OCH3 is 1. The predicted molar refractivity (Wildman–Crippen MR) is 260 cm³/mol. The molecular weight excluding hydrogens is 979 g/mol. The van der Waals surface area contributed by atoms with E-state index in [0.29, 0.717) is 5.56 Å². The number of nitrogens with zero attached hydrogens (tertiary/aromatic N) is 3. The van der Waals surface area contributed by atoms with Crippen molar-refractivity contribution in [2.45, 2.75) is 139 Å². The summed E-state index contributed by atoms with van der Waals surface area (Å²) in [7, 11) is 2.88. The van der Waals surface area contributed by atoms with Crippen molar-refractivity contribution in [1.82, 2.24) is 46.4 Å². The fourth-order valence-electron chi connectivity index (χ4n) is 8.98. The number of carboxylic acid groups (broad SMARTS) is 2. The molecule has 15 atom stereocenters. The summed E-state index contributed by atoms with van der Waals surface area (Å²) in [5, 5.41) is 82.1. The Labute approximate surface area is 425 Å². The van der Waals surface area contributed by atoms with E-state index >= 15 is 0 Å². The highest BCUT2D eigenvalue weighted by Gasteiger charge is 2.55. The first-order chi connectivity index (χ1) is 35.1. The summed E-state index contributed by atoms with van der Waals surface area (Å²) in [6, 6.07) is 1.47. The summed E-state index contributed by atoms with van der Waals surface area (Å²) in [6.07, 6.45) is -14.2. The number of likely N-dealkylation sites (N-methyl/N-ethyl adjacent to an activating group) is 1. The molecule has 74 heavy (non-hydrogen) atoms. The Morgan fingerprint density at radius 2 is 1.62 bits per heavy atom. The maximum atomic E-state index is 14.1. The van der Waals surface area contributed by atoms with Crippen LogP contribution in [0, 0.1) is 11.8 Å². The second kappa shape index (κ2) is 26.9. The number of hydrogen-bond acceptors (Lipinski definition) is 20. The number of aromatic nitrogens is 2. The highest BCUT2D eigenvalue weighted by molar-refractivity contribution is 5.94. The highest BCUT2D eigenvalue weighted by Crippen LogP contribution is 2.36. The number of carboxylic acids is 2. The molecule has 28 heteroatoms. The van der Waals surface area contributed by atoms with Crippen molar-refractivity contribution in [1.29, 1.82) is 0 Å². The Morgan fingerprint density at radius 3 is 2.22 bits per heavy atom. The van der Waals surface area contributed by atoms with Crippen molar-refractivity contribution in [3.05, 3.63) is 69.0 Å². The maximum Gasteiger partial charge on any atom is 0.330 e. The van der Waals surface area contributed by atoms with Gasteiger partial charge in [0.05, 0.1) is 12.1 Å². The van der Waals surface area contributed by atoms with E-state index in [9.17, 15) is 64.2 Å². The number of H-pyrrole nitrogens is 1. The number of rotatable bonds is 26. The number of nitrogens with one attached hydrogen (secondary N) is 7. The molecule has 2 aromatic rings. The SMILES string of the molecule is CNC[C@H]1OC(OC(C(C(=O)O)N(CCCNC(=O)C(NC(=O)C(NC(=O)NC(C(=O)O)C(C)C)C2CCN=C(N)N2)C(O)C(C)C)Cc2ccccc2)[C@H]2O[C@@H](n3ccc(=O)[nH]c3=O)[C@H](O)[C@@H]2O)[C@H](OC)[C@@H]1O. The standard InChI is InChI=1S/C46H71N11O17/c1-21(2)27(41(65)66)54-45(69)55-28(24-13-16-50-44(47)51-24)39(64)53-29(31(59)22(3)4)38(63)49-15-10-17-56(20-23-11-8-7-9-12-23)30(42(67)68)35(74-43-37(71-6)32(60)25(72-43)19-48-5)36-33(61)34(62)40(73-36)57-18-14-26(58)52-46(57)70/h7-9,11-12,14,18,21-22,24-25,27-37,40,43,48,59-62H,10,13,15-17,19-20H2,1-6H3,(H,49,63)(H,53,64)(H,65,66)(H,67,68)(H3,47,50,51)(H,52,58,70)(H2,54,55,69)/t24?,25-,27?,28?,29?,30?,31?,32-,33+,34-,35?,36+,37-,40-,43?/m1/s1. The van der Waals surface area contributed by atoms with Crippen LogP contribution in [-0.4, -0.2) is 207 Å². The molecule has 412 valence electrons. The number of aliphatic hydroxyl groups excluding tert-OH is 4. The quantitative estimate of drug-likeness (QED) is 0.0394. The second-order valence-corrected chi connectivity index (χ2v) is 18.9. The van der Waals surface area contributed by atoms with Crippen molar-refractivity contribution in [3.63, 3.8) is 0 Å². The average molecular weight is 1050 g/mol. The number of aromatic amines is 1. The number of guanidine groups is 1. The lowest BCUT2D eigenvalue weighted by atomic mass is 9.96. The summed E-state index contributed by atoms with van der Waals surface area (Å²) in [6.45, 7) is 6.17. The fourth-order valence-corrected chi connectivity index (χ4v) is 8.98. The van der Waals surface area contributed by atoms with Crippen LogP contribution in [-0.2, 0) is 44.7 Å². The number of ether oxygens (including phenoxy) is 4. The number of aliphatic hydroxyl groups is 4. The number of nitrogens with two attached hydrogens (primary N) is 1. The summed E-state index contributed by atoms with van der Waals surface area (Å²) >= 11 is 0. The fraction of sp³-hybridized carbons (Fsp3) is 0.652. The van der Waals surface area contributed by atoms with E-state index in [-0.39, 0.29) is 51.5 Å². The van der Waals surface area contributed by atoms with Crippen molar-refractivity contribution < 1.29 is 73.6 Å². The molecule has 0 aliphatic carbocycles. The summed E-state index contributed by atoms with van der Waals surface area (Å²) < 4.78 is 24.9. The van der Waals surface area contributed by atoms with Gasteiger partial charge in [-0.1, -0.05) is 58.0 Å². The lowest BCUT2D eigenvalue weighted by molar-refractivity contribution is -0.239. The van der Waals surface area contributed by atoms with Gasteiger partial charge < -0.3 is 87.2 Å². The van der Waals surface area contributed by atoms with E-state index in [1.54, 1.807) is 65.1 Å². The summed E-state index contributed by atoms with van der Waals surface area (Å²) in [5.74, 6) is -5.82. The number of hydrogen-bond donors (Lipinski definition) is 14. The molecule has 15 N–H and O–H groups in total. The van der Waals surface area contributed by atoms with Crippen LogP contribution in [0.5, 0.6) is 0 Å². The highest BCUT2D eigenvalue weighted by atomic mass is 16.7. The number of carbonyl (C=O) groups is 5. The zero-order chi connectivity index (χ0) is 54.6. The molecule has 0 bridgehead atoms. The van der Waals surface area contributed by atoms with Crippen molar-refractivity contribution in [3.8, 4) is 0 Å². The van der Waals surface area contributed by atoms with E-state index in [0.717, 1.165) is 16.8 Å². The molecule has 2 saturated heterocycles. The first-order valence-corrected chi connectivity index (χ1v) is 24.2. The molecule has 28 nitrogen and oxygen atoms in total. The number of carbonyl (C=O) groups excluding carboxylic acids is 3. The molecule has 8 unspecified atom stereocenters. The second-order valence-electron chi connectivity index (χ2n) is 18.9. The molecule has 3 aliphatic rings. The van der Waals surface area contributed by atoms with Gasteiger partial charge in [0.2, 0.25) is 11.8 Å². The Bertz CT molecular complexity index is 2360. The minimum absolute atomic E-state index is 0.0151. The monoisotopic (exact) mass is 1050 g/mol. The van der Waals surface area contributed by atoms with Gasteiger partial charge in [-0.25, -0.2) is 14.4 Å². The smallest absolute Gasteiger partial charge is 0.330 e. The van der Waals surface area contributed by atoms with Gasteiger partial charge in [0.25, 0.3) is 5.56 Å². The third-order valence-corrected chi connectivity index (χ3v) is 12.9. The van der Waals surface area contributed by atoms with Gasteiger partial charge in [-0.15, -0.1) is 0 Å². The van der Waals surface area contributed by atoms with Gasteiger partial charge in [-0.2, -0.15) is 0 Å². The minimum atomic E-state index is -1.94. The van der Waals surface area contributed by atoms with E-state index in [4.69, 9.17) is 24.7 Å². The summed E-state index contributed by atoms with van der Waals surface area (Å²) in [5.41, 5.74) is 4.74. The van der Waals surface area contributed by atoms with Gasteiger partial charge in [-0.05, 0) is 37.3 Å². The zero-order valence-electron chi connectivity index (χ0n) is 41.9. The average Bonchev–Trinajstić information content (AvgIpc) is 3.81. The Kier molecular flexibility index (Phi) is 21.4. The number of aliphatic imine (C=N–C) groups is 1. The Morgan fingerprint density at radius 1 is 0.919 bits per heavy atom. The van der Waals surface area contributed by atoms with Crippen LogP contribution >= 0.6 is 0 Å². The topological polar surface area (TPSA) is 412 Å². The van der Waals surface area contributed by atoms with Crippen LogP contribution in [0.15, 0.2) is 57.2 Å². The summed E-state index contributed by atoms with van der Waals surface area (Å²) in [4.78, 5) is 99.4. The molecular formula is C46H71N11O17. The minimum Gasteiger partial charge on any atom is -0.480 e. The van der Waals surface area contributed by atoms with Gasteiger partial charge in [-0.3, -0.25) is 38.6 Å². The molecule has 1 aromatic heterocycles. The molecule has 0 saturated carbocycles. The van der Waals surface area contributed by atoms with Crippen LogP contribution in [0.1, 0.15) is 52.3 Å². The van der Waals surface area contributed by atoms with Gasteiger partial charge >= 0.3 is 23.7 Å². The zero-order valence-corrected chi connectivity index (χ0v) is 41.9. The molecule has 1 aromatic carbocycles. The molecule has 0 radical (unpaired) electrons. The predicted octanol–water partition coefficient (Wildman–Crippen LogP) is -4.72. The van der Waals surface area contributed by atoms with E-state index < -0.39 is 144 Å². The van der Waals surface area contributed by atoms with Crippen LogP contribution in [0.3, 0.4) is 0 Å². The molecule has 4 heterocycles. The Balaban J connectivity index is 1.43. The van der Waals surface area contributed by atoms with E-state index in [1.165, 1.54) is 12.0 Å². The molecule has 4 amide bonds. The molecule has 5 rings (SSSR count). The molecule has 2 fully saturated rings. The van der Waals surface area contributed by atoms with Crippen molar-refractivity contribution in [2.24, 2.45) is 22.6 Å². The maximum absolute atomic E-state index is 14.1. The number of urea groups is 1. The first kappa shape index (κ1) is 58.8. The lowest BCUT2D eigenvalue weighted by Crippen LogP contribution is -2.66.